The van der Waals surface area contributed by atoms with Crippen LogP contribution in [-0.4, -0.2) is 45.7 Å². The maximum Gasteiger partial charge on any atom is 0.149 e. The molecule has 1 unspecified atom stereocenters. The van der Waals surface area contributed by atoms with E-state index in [0.29, 0.717) is 6.04 Å². The highest BCUT2D eigenvalue weighted by Crippen LogP contribution is 2.13. The molecule has 3 radical (unpaired) electrons. The summed E-state index contributed by atoms with van der Waals surface area (Å²) in [7, 11) is 7.36. The molecule has 0 aliphatic carbocycles. The molecule has 0 aromatic carbocycles. The first-order chi connectivity index (χ1) is 8.31. The van der Waals surface area contributed by atoms with Gasteiger partial charge in [0.25, 0.3) is 0 Å². The van der Waals surface area contributed by atoms with Crippen molar-refractivity contribution in [2.75, 3.05) is 19.8 Å². The number of rotatable bonds is 6. The molecular weight excluding hydrogens is 208 g/mol. The first-order valence-corrected chi connectivity index (χ1v) is 6.15. The Bertz CT molecular complexity index is 294. The van der Waals surface area contributed by atoms with Gasteiger partial charge in [-0.2, -0.15) is 0 Å². The Hall–Kier alpha value is -0.730. The molecular formula is C13H20B2NO. The van der Waals surface area contributed by atoms with Gasteiger partial charge in [0.05, 0.1) is 6.61 Å². The molecule has 0 saturated carbocycles. The Morgan fingerprint density at radius 3 is 2.82 bits per heavy atom. The van der Waals surface area contributed by atoms with Crippen LogP contribution < -0.4 is 0 Å². The van der Waals surface area contributed by atoms with Gasteiger partial charge < -0.3 is 9.55 Å². The molecule has 4 heteroatoms. The first-order valence-electron chi connectivity index (χ1n) is 6.15. The zero-order valence-electron chi connectivity index (χ0n) is 10.8. The molecule has 1 fully saturated rings. The average molecular weight is 228 g/mol. The second kappa shape index (κ2) is 8.37. The quantitative estimate of drug-likeness (QED) is 0.508. The van der Waals surface area contributed by atoms with E-state index in [4.69, 9.17) is 12.5 Å². The molecule has 0 aromatic heterocycles. The molecule has 1 aliphatic heterocycles. The van der Waals surface area contributed by atoms with E-state index in [1.54, 1.807) is 7.31 Å². The van der Waals surface area contributed by atoms with Gasteiger partial charge in [-0.1, -0.05) is 30.4 Å². The maximum absolute atomic E-state index is 5.69. The summed E-state index contributed by atoms with van der Waals surface area (Å²) in [6.07, 6.45) is 11.4. The summed E-state index contributed by atoms with van der Waals surface area (Å²) in [5, 5.41) is 0. The third-order valence-corrected chi connectivity index (χ3v) is 2.92. The van der Waals surface area contributed by atoms with Crippen LogP contribution in [0.3, 0.4) is 0 Å². The third kappa shape index (κ3) is 4.97. The maximum atomic E-state index is 5.69. The molecule has 1 rings (SSSR count). The molecule has 1 heterocycles. The van der Waals surface area contributed by atoms with Crippen LogP contribution in [0.1, 0.15) is 20.3 Å². The molecule has 0 spiro atoms. The minimum absolute atomic E-state index is 0.421. The predicted molar refractivity (Wildman–Crippen MR) is 75.1 cm³/mol. The summed E-state index contributed by atoms with van der Waals surface area (Å²) in [6, 6.07) is 0.421. The monoisotopic (exact) mass is 228 g/mol. The van der Waals surface area contributed by atoms with Gasteiger partial charge in [-0.15, -0.1) is 0 Å². The molecule has 17 heavy (non-hydrogen) atoms. The van der Waals surface area contributed by atoms with Crippen molar-refractivity contribution in [1.82, 2.24) is 4.81 Å². The van der Waals surface area contributed by atoms with Crippen LogP contribution in [0.4, 0.5) is 0 Å². The van der Waals surface area contributed by atoms with Crippen molar-refractivity contribution in [3.8, 4) is 0 Å². The van der Waals surface area contributed by atoms with Gasteiger partial charge in [-0.05, 0) is 25.8 Å². The highest BCUT2D eigenvalue weighted by molar-refractivity contribution is 6.87. The zero-order valence-corrected chi connectivity index (χ0v) is 10.8. The van der Waals surface area contributed by atoms with Crippen LogP contribution in [0.15, 0.2) is 36.0 Å². The average Bonchev–Trinajstić information content (AvgIpc) is 2.87. The lowest BCUT2D eigenvalue weighted by molar-refractivity contribution is 0.179. The van der Waals surface area contributed by atoms with Crippen molar-refractivity contribution in [3.63, 3.8) is 0 Å². The minimum Gasteiger partial charge on any atom is -0.380 e. The molecule has 0 bridgehead atoms. The van der Waals surface area contributed by atoms with Crippen LogP contribution in [0.25, 0.3) is 0 Å². The topological polar surface area (TPSA) is 12.5 Å². The fourth-order valence-corrected chi connectivity index (χ4v) is 1.83. The predicted octanol–water partition coefficient (Wildman–Crippen LogP) is 1.86. The summed E-state index contributed by atoms with van der Waals surface area (Å²) in [4.78, 5) is 2.16. The van der Waals surface area contributed by atoms with E-state index in [2.05, 4.69) is 30.0 Å². The van der Waals surface area contributed by atoms with Crippen LogP contribution >= 0.6 is 0 Å². The van der Waals surface area contributed by atoms with Gasteiger partial charge in [0, 0.05) is 26.9 Å². The summed E-state index contributed by atoms with van der Waals surface area (Å²) < 4.78 is 5.39. The third-order valence-electron chi connectivity index (χ3n) is 2.92. The Balaban J connectivity index is 2.52. The van der Waals surface area contributed by atoms with Crippen molar-refractivity contribution in [2.24, 2.45) is 0 Å². The van der Waals surface area contributed by atoms with Crippen molar-refractivity contribution < 1.29 is 4.74 Å². The zero-order chi connectivity index (χ0) is 12.5. The Morgan fingerprint density at radius 2 is 2.29 bits per heavy atom. The molecule has 89 valence electrons. The van der Waals surface area contributed by atoms with Gasteiger partial charge in [-0.25, -0.2) is 0 Å². The standard InChI is InChI=1S/C13H20B2NO/c1-3-5-6-7-12(4-2)10-16(15-14)13-8-9-17-11-13/h3-7,13H,8-11H2,1-2H3/b5-3-,7-6-,12-4+. The molecule has 0 N–H and O–H groups in total. The number of ether oxygens (including phenoxy) is 1. The second-order valence-electron chi connectivity index (χ2n) is 4.09. The normalized spacial score (nSPS) is 22.1. The van der Waals surface area contributed by atoms with Crippen LogP contribution in [0, 0.1) is 0 Å². The van der Waals surface area contributed by atoms with Crippen molar-refractivity contribution in [2.45, 2.75) is 26.3 Å². The van der Waals surface area contributed by atoms with E-state index in [1.165, 1.54) is 5.57 Å². The van der Waals surface area contributed by atoms with E-state index < -0.39 is 0 Å². The van der Waals surface area contributed by atoms with Crippen molar-refractivity contribution in [1.29, 1.82) is 0 Å². The highest BCUT2D eigenvalue weighted by atomic mass is 16.5. The van der Waals surface area contributed by atoms with Gasteiger partial charge in [0.1, 0.15) is 7.31 Å². The van der Waals surface area contributed by atoms with Gasteiger partial charge in [0.2, 0.25) is 0 Å². The van der Waals surface area contributed by atoms with Gasteiger partial charge in [0.15, 0.2) is 0 Å². The fraction of sp³-hybridized carbons (Fsp3) is 0.538. The number of hydrogen-bond acceptors (Lipinski definition) is 2. The minimum atomic E-state index is 0.421. The van der Waals surface area contributed by atoms with Crippen LogP contribution in [0.5, 0.6) is 0 Å². The first kappa shape index (κ1) is 14.3. The van der Waals surface area contributed by atoms with E-state index >= 15 is 0 Å². The van der Waals surface area contributed by atoms with Gasteiger partial charge >= 0.3 is 0 Å². The largest absolute Gasteiger partial charge is 0.380 e. The molecule has 0 amide bonds. The lowest BCUT2D eigenvalue weighted by atomic mass is 9.64. The molecule has 1 atom stereocenters. The van der Waals surface area contributed by atoms with Crippen LogP contribution in [0.2, 0.25) is 0 Å². The second-order valence-corrected chi connectivity index (χ2v) is 4.09. The van der Waals surface area contributed by atoms with Crippen molar-refractivity contribution >= 4 is 15.0 Å². The van der Waals surface area contributed by atoms with Crippen molar-refractivity contribution in [3.05, 3.63) is 36.0 Å². The Kier molecular flexibility index (Phi) is 7.06. The smallest absolute Gasteiger partial charge is 0.149 e. The lowest BCUT2D eigenvalue weighted by Gasteiger charge is -2.27. The molecule has 1 saturated heterocycles. The SMILES string of the molecule is [B][B]N(CC(/C=C\C=C/C)=C/C)C1CCOC1. The molecule has 1 aliphatic rings. The van der Waals surface area contributed by atoms with E-state index in [9.17, 15) is 0 Å². The van der Waals surface area contributed by atoms with E-state index in [1.807, 2.05) is 19.1 Å². The van der Waals surface area contributed by atoms with Crippen LogP contribution in [-0.2, 0) is 4.74 Å². The Labute approximate surface area is 107 Å². The summed E-state index contributed by atoms with van der Waals surface area (Å²) in [5.74, 6) is 0. The van der Waals surface area contributed by atoms with E-state index in [0.717, 1.165) is 26.2 Å². The van der Waals surface area contributed by atoms with Gasteiger partial charge in [-0.3, -0.25) is 0 Å². The lowest BCUT2D eigenvalue weighted by Crippen LogP contribution is -2.40. The van der Waals surface area contributed by atoms with E-state index in [-0.39, 0.29) is 0 Å². The highest BCUT2D eigenvalue weighted by Gasteiger charge is 2.21. The summed E-state index contributed by atoms with van der Waals surface area (Å²) in [5.41, 5.74) is 1.26. The fourth-order valence-electron chi connectivity index (χ4n) is 1.83. The number of nitrogens with zero attached hydrogens (tertiary/aromatic N) is 1. The number of allylic oxidation sites excluding steroid dienone is 4. The summed E-state index contributed by atoms with van der Waals surface area (Å²) in [6.45, 7) is 6.53. The summed E-state index contributed by atoms with van der Waals surface area (Å²) >= 11 is 0. The molecule has 2 nitrogen and oxygen atoms in total. The number of hydrogen-bond donors (Lipinski definition) is 0. The Morgan fingerprint density at radius 1 is 1.47 bits per heavy atom. The molecule has 0 aromatic rings.